The van der Waals surface area contributed by atoms with Crippen LogP contribution in [0.2, 0.25) is 0 Å². The largest absolute Gasteiger partial charge is 0.494 e. The van der Waals surface area contributed by atoms with Gasteiger partial charge in [0.05, 0.1) is 25.0 Å². The van der Waals surface area contributed by atoms with Gasteiger partial charge in [-0.2, -0.15) is 5.10 Å². The number of amides is 1. The number of carbonyl (C=O) groups excluding carboxylic acids is 2. The molecule has 0 heterocycles. The predicted octanol–water partition coefficient (Wildman–Crippen LogP) is 5.90. The number of nitrogens with one attached hydrogen (secondary N) is 1. The molecule has 7 nitrogen and oxygen atoms in total. The molecule has 0 fully saturated rings. The number of hydrogen-bond acceptors (Lipinski definition) is 6. The number of nitrogens with zero attached hydrogens (tertiary/aromatic N) is 1. The molecule has 0 atom stereocenters. The van der Waals surface area contributed by atoms with Gasteiger partial charge >= 0.3 is 5.97 Å². The summed E-state index contributed by atoms with van der Waals surface area (Å²) in [5.74, 6) is 0.830. The molecule has 0 saturated carbocycles. The van der Waals surface area contributed by atoms with Crippen LogP contribution in [-0.4, -0.2) is 31.3 Å². The van der Waals surface area contributed by atoms with Crippen molar-refractivity contribution in [2.75, 3.05) is 13.2 Å². The predicted molar refractivity (Wildman–Crippen MR) is 134 cm³/mol. The molecule has 0 aliphatic rings. The molecule has 1 N–H and O–H groups in total. The van der Waals surface area contributed by atoms with Gasteiger partial charge in [-0.15, -0.1) is 0 Å². The van der Waals surface area contributed by atoms with E-state index in [0.29, 0.717) is 48.0 Å². The second-order valence-corrected chi connectivity index (χ2v) is 7.80. The monoisotopic (exact) mass is 468 g/mol. The standard InChI is InChI=1S/C27H36N2O5/c1-4-7-8-9-10-11-12-26(30)29-28-20-21-13-18-24(25(19-21)33-6-3)34-27(31)22-14-16-23(17-15-22)32-5-2/h13-20H,4-12H2,1-3H3,(H,29,30)/b28-20-. The van der Waals surface area contributed by atoms with E-state index in [1.165, 1.54) is 25.7 Å². The van der Waals surface area contributed by atoms with Gasteiger partial charge in [0.2, 0.25) is 5.91 Å². The lowest BCUT2D eigenvalue weighted by Gasteiger charge is -2.11. The normalized spacial score (nSPS) is 10.8. The van der Waals surface area contributed by atoms with Gasteiger partial charge in [-0.1, -0.05) is 39.0 Å². The van der Waals surface area contributed by atoms with Crippen molar-refractivity contribution in [3.63, 3.8) is 0 Å². The smallest absolute Gasteiger partial charge is 0.343 e. The molecule has 2 rings (SSSR count). The summed E-state index contributed by atoms with van der Waals surface area (Å²) in [6.07, 6.45) is 8.80. The average Bonchev–Trinajstić information content (AvgIpc) is 2.83. The second kappa shape index (κ2) is 15.5. The van der Waals surface area contributed by atoms with Crippen LogP contribution in [-0.2, 0) is 4.79 Å². The highest BCUT2D eigenvalue weighted by molar-refractivity contribution is 5.91. The molecule has 0 unspecified atom stereocenters. The Morgan fingerprint density at radius 2 is 1.56 bits per heavy atom. The maximum Gasteiger partial charge on any atom is 0.343 e. The minimum Gasteiger partial charge on any atom is -0.494 e. The number of hydrogen-bond donors (Lipinski definition) is 1. The first-order valence-corrected chi connectivity index (χ1v) is 12.1. The minimum absolute atomic E-state index is 0.0994. The second-order valence-electron chi connectivity index (χ2n) is 7.80. The number of benzene rings is 2. The van der Waals surface area contributed by atoms with E-state index in [-0.39, 0.29) is 5.91 Å². The van der Waals surface area contributed by atoms with Gasteiger partial charge in [-0.3, -0.25) is 4.79 Å². The first-order chi connectivity index (χ1) is 16.6. The molecule has 0 aliphatic carbocycles. The summed E-state index contributed by atoms with van der Waals surface area (Å²) in [6.45, 7) is 6.90. The number of carbonyl (C=O) groups is 2. The van der Waals surface area contributed by atoms with Gasteiger partial charge < -0.3 is 14.2 Å². The Bertz CT molecular complexity index is 925. The van der Waals surface area contributed by atoms with Crippen LogP contribution in [0, 0.1) is 0 Å². The van der Waals surface area contributed by atoms with Crippen LogP contribution in [0.25, 0.3) is 0 Å². The fourth-order valence-electron chi connectivity index (χ4n) is 3.27. The van der Waals surface area contributed by atoms with E-state index in [2.05, 4.69) is 17.5 Å². The Hall–Kier alpha value is -3.35. The molecular weight excluding hydrogens is 432 g/mol. The van der Waals surface area contributed by atoms with Crippen molar-refractivity contribution in [3.8, 4) is 17.2 Å². The molecule has 0 aromatic heterocycles. The molecule has 184 valence electrons. The van der Waals surface area contributed by atoms with E-state index in [0.717, 1.165) is 12.8 Å². The fourth-order valence-corrected chi connectivity index (χ4v) is 3.27. The van der Waals surface area contributed by atoms with Gasteiger partial charge in [0.25, 0.3) is 0 Å². The third-order valence-corrected chi connectivity index (χ3v) is 5.03. The van der Waals surface area contributed by atoms with Crippen LogP contribution in [0.3, 0.4) is 0 Å². The van der Waals surface area contributed by atoms with Crippen molar-refractivity contribution < 1.29 is 23.8 Å². The fraction of sp³-hybridized carbons (Fsp3) is 0.444. The van der Waals surface area contributed by atoms with Gasteiger partial charge in [0.15, 0.2) is 11.5 Å². The Balaban J connectivity index is 1.91. The Labute approximate surface area is 202 Å². The van der Waals surface area contributed by atoms with Crippen LogP contribution in [0.1, 0.15) is 81.6 Å². The molecule has 1 amide bonds. The van der Waals surface area contributed by atoms with Crippen molar-refractivity contribution in [1.29, 1.82) is 0 Å². The summed E-state index contributed by atoms with van der Waals surface area (Å²) >= 11 is 0. The number of esters is 1. The van der Waals surface area contributed by atoms with E-state index in [9.17, 15) is 9.59 Å². The highest BCUT2D eigenvalue weighted by atomic mass is 16.6. The SMILES string of the molecule is CCCCCCCCC(=O)N/N=C\c1ccc(OC(=O)c2ccc(OCC)cc2)c(OCC)c1. The van der Waals surface area contributed by atoms with Crippen molar-refractivity contribution in [2.24, 2.45) is 5.10 Å². The summed E-state index contributed by atoms with van der Waals surface area (Å²) in [5, 5.41) is 4.03. The summed E-state index contributed by atoms with van der Waals surface area (Å²) in [5.41, 5.74) is 3.68. The number of hydrazone groups is 1. The van der Waals surface area contributed by atoms with Crippen LogP contribution in [0.15, 0.2) is 47.6 Å². The van der Waals surface area contributed by atoms with E-state index < -0.39 is 5.97 Å². The van der Waals surface area contributed by atoms with E-state index in [1.54, 1.807) is 48.7 Å². The van der Waals surface area contributed by atoms with Crippen LogP contribution in [0.5, 0.6) is 17.2 Å². The van der Waals surface area contributed by atoms with E-state index >= 15 is 0 Å². The molecule has 0 saturated heterocycles. The molecule has 0 spiro atoms. The maximum absolute atomic E-state index is 12.5. The van der Waals surface area contributed by atoms with Crippen molar-refractivity contribution in [1.82, 2.24) is 5.43 Å². The molecule has 0 aliphatic heterocycles. The van der Waals surface area contributed by atoms with Crippen molar-refractivity contribution >= 4 is 18.1 Å². The lowest BCUT2D eigenvalue weighted by atomic mass is 10.1. The molecule has 2 aromatic rings. The van der Waals surface area contributed by atoms with Gasteiger partial charge in [-0.05, 0) is 68.3 Å². The zero-order valence-corrected chi connectivity index (χ0v) is 20.5. The van der Waals surface area contributed by atoms with Crippen molar-refractivity contribution in [2.45, 2.75) is 65.7 Å². The first-order valence-electron chi connectivity index (χ1n) is 12.1. The Kier molecular flexibility index (Phi) is 12.2. The Morgan fingerprint density at radius 3 is 2.26 bits per heavy atom. The zero-order chi connectivity index (χ0) is 24.6. The summed E-state index contributed by atoms with van der Waals surface area (Å²) in [6, 6.07) is 11.9. The Morgan fingerprint density at radius 1 is 0.853 bits per heavy atom. The summed E-state index contributed by atoms with van der Waals surface area (Å²) < 4.78 is 16.6. The van der Waals surface area contributed by atoms with Crippen LogP contribution in [0.4, 0.5) is 0 Å². The lowest BCUT2D eigenvalue weighted by molar-refractivity contribution is -0.121. The van der Waals surface area contributed by atoms with E-state index in [1.807, 2.05) is 13.8 Å². The maximum atomic E-state index is 12.5. The minimum atomic E-state index is -0.493. The number of unbranched alkanes of at least 4 members (excludes halogenated alkanes) is 5. The molecule has 0 radical (unpaired) electrons. The van der Waals surface area contributed by atoms with Crippen LogP contribution < -0.4 is 19.6 Å². The van der Waals surface area contributed by atoms with Gasteiger partial charge in [0, 0.05) is 6.42 Å². The summed E-state index contributed by atoms with van der Waals surface area (Å²) in [7, 11) is 0. The quantitative estimate of drug-likeness (QED) is 0.116. The molecular formula is C27H36N2O5. The van der Waals surface area contributed by atoms with Crippen LogP contribution >= 0.6 is 0 Å². The number of rotatable bonds is 15. The highest BCUT2D eigenvalue weighted by Crippen LogP contribution is 2.29. The number of ether oxygens (including phenoxy) is 3. The summed E-state index contributed by atoms with van der Waals surface area (Å²) in [4.78, 5) is 24.5. The third kappa shape index (κ3) is 9.65. The van der Waals surface area contributed by atoms with Crippen molar-refractivity contribution in [3.05, 3.63) is 53.6 Å². The average molecular weight is 469 g/mol. The van der Waals surface area contributed by atoms with Gasteiger partial charge in [0.1, 0.15) is 5.75 Å². The van der Waals surface area contributed by atoms with Gasteiger partial charge in [-0.25, -0.2) is 10.2 Å². The third-order valence-electron chi connectivity index (χ3n) is 5.03. The van der Waals surface area contributed by atoms with E-state index in [4.69, 9.17) is 14.2 Å². The topological polar surface area (TPSA) is 86.2 Å². The molecule has 2 aromatic carbocycles. The molecule has 0 bridgehead atoms. The highest BCUT2D eigenvalue weighted by Gasteiger charge is 2.13. The first kappa shape index (κ1) is 26.9. The zero-order valence-electron chi connectivity index (χ0n) is 20.5. The molecule has 7 heteroatoms. The lowest BCUT2D eigenvalue weighted by Crippen LogP contribution is -2.16. The molecule has 34 heavy (non-hydrogen) atoms.